The lowest BCUT2D eigenvalue weighted by Crippen LogP contribution is -2.31. The molecule has 5 heteroatoms. The van der Waals surface area contributed by atoms with Gasteiger partial charge in [-0.2, -0.15) is 0 Å². The van der Waals surface area contributed by atoms with Gasteiger partial charge in [-0.25, -0.2) is 9.69 Å². The maximum absolute atomic E-state index is 11.6. The van der Waals surface area contributed by atoms with Crippen molar-refractivity contribution in [1.82, 2.24) is 0 Å². The van der Waals surface area contributed by atoms with Gasteiger partial charge < -0.3 is 4.74 Å². The molecular formula is C10H8INO3. The molecule has 1 aromatic rings. The molecule has 4 nitrogen and oxygen atoms in total. The second-order valence-electron chi connectivity index (χ2n) is 3.15. The van der Waals surface area contributed by atoms with E-state index in [2.05, 4.69) is 22.6 Å². The van der Waals surface area contributed by atoms with Crippen LogP contribution in [0.5, 0.6) is 0 Å². The lowest BCUT2D eigenvalue weighted by molar-refractivity contribution is -0.121. The molecule has 1 heterocycles. The highest BCUT2D eigenvalue weighted by Crippen LogP contribution is 2.27. The number of hydrogen-bond acceptors (Lipinski definition) is 3. The number of amides is 2. The van der Waals surface area contributed by atoms with Gasteiger partial charge in [-0.05, 0) is 41.6 Å². The summed E-state index contributed by atoms with van der Waals surface area (Å²) in [7, 11) is 0. The van der Waals surface area contributed by atoms with E-state index in [0.717, 1.165) is 8.47 Å². The summed E-state index contributed by atoms with van der Waals surface area (Å²) >= 11 is 2.08. The van der Waals surface area contributed by atoms with Crippen molar-refractivity contribution in [1.29, 1.82) is 0 Å². The van der Waals surface area contributed by atoms with E-state index in [-0.39, 0.29) is 5.91 Å². The number of imide groups is 1. The van der Waals surface area contributed by atoms with E-state index in [9.17, 15) is 9.59 Å². The Kier molecular flexibility index (Phi) is 2.64. The standard InChI is InChI=1S/C10H8INO3/c1-6-9(13)12(10(14)15-6)8-5-3-2-4-7(8)11/h2-6H,1H3/t6-/m0/s1. The Morgan fingerprint density at radius 2 is 2.00 bits per heavy atom. The molecule has 2 amide bonds. The van der Waals surface area contributed by atoms with Crippen molar-refractivity contribution in [3.8, 4) is 0 Å². The lowest BCUT2D eigenvalue weighted by atomic mass is 10.3. The third-order valence-electron chi connectivity index (χ3n) is 2.12. The topological polar surface area (TPSA) is 46.6 Å². The number of carbonyl (C=O) groups is 2. The van der Waals surface area contributed by atoms with E-state index >= 15 is 0 Å². The van der Waals surface area contributed by atoms with Crippen LogP contribution in [0.3, 0.4) is 0 Å². The molecule has 0 aliphatic carbocycles. The van der Waals surface area contributed by atoms with Gasteiger partial charge in [-0.15, -0.1) is 0 Å². The molecule has 0 N–H and O–H groups in total. The van der Waals surface area contributed by atoms with Gasteiger partial charge in [0.15, 0.2) is 6.10 Å². The molecule has 0 saturated carbocycles. The van der Waals surface area contributed by atoms with Crippen LogP contribution in [0.1, 0.15) is 6.92 Å². The van der Waals surface area contributed by atoms with Gasteiger partial charge >= 0.3 is 6.09 Å². The van der Waals surface area contributed by atoms with E-state index in [1.165, 1.54) is 0 Å². The maximum atomic E-state index is 11.6. The van der Waals surface area contributed by atoms with Crippen molar-refractivity contribution in [3.63, 3.8) is 0 Å². The molecule has 1 saturated heterocycles. The first kappa shape index (κ1) is 10.4. The minimum Gasteiger partial charge on any atom is -0.436 e. The molecule has 1 atom stereocenters. The van der Waals surface area contributed by atoms with E-state index in [1.807, 2.05) is 12.1 Å². The molecular weight excluding hydrogens is 309 g/mol. The molecule has 0 aromatic heterocycles. The zero-order chi connectivity index (χ0) is 11.0. The second-order valence-corrected chi connectivity index (χ2v) is 4.31. The van der Waals surface area contributed by atoms with Crippen molar-refractivity contribution in [2.45, 2.75) is 13.0 Å². The summed E-state index contributed by atoms with van der Waals surface area (Å²) in [6, 6.07) is 7.18. The fourth-order valence-corrected chi connectivity index (χ4v) is 2.00. The molecule has 1 aliphatic heterocycles. The van der Waals surface area contributed by atoms with Crippen LogP contribution >= 0.6 is 22.6 Å². The fraction of sp³-hybridized carbons (Fsp3) is 0.200. The molecule has 1 fully saturated rings. The highest BCUT2D eigenvalue weighted by molar-refractivity contribution is 14.1. The molecule has 0 spiro atoms. The largest absolute Gasteiger partial charge is 0.436 e. The van der Waals surface area contributed by atoms with E-state index in [1.54, 1.807) is 19.1 Å². The number of anilines is 1. The summed E-state index contributed by atoms with van der Waals surface area (Å²) in [6.45, 7) is 1.57. The molecule has 2 rings (SSSR count). The Bertz CT molecular complexity index is 432. The van der Waals surface area contributed by atoms with Gasteiger partial charge in [-0.1, -0.05) is 12.1 Å². The third-order valence-corrected chi connectivity index (χ3v) is 3.03. The van der Waals surface area contributed by atoms with E-state index < -0.39 is 12.2 Å². The Balaban J connectivity index is 2.44. The quantitative estimate of drug-likeness (QED) is 0.746. The normalized spacial score (nSPS) is 20.7. The summed E-state index contributed by atoms with van der Waals surface area (Å²) < 4.78 is 5.67. The van der Waals surface area contributed by atoms with E-state index in [4.69, 9.17) is 4.74 Å². The van der Waals surface area contributed by atoms with Crippen LogP contribution in [-0.2, 0) is 9.53 Å². The molecule has 1 aliphatic rings. The van der Waals surface area contributed by atoms with Crippen LogP contribution in [-0.4, -0.2) is 18.1 Å². The zero-order valence-corrected chi connectivity index (χ0v) is 10.1. The number of carbonyl (C=O) groups excluding carboxylic acids is 2. The first-order valence-corrected chi connectivity index (χ1v) is 5.48. The van der Waals surface area contributed by atoms with Crippen molar-refractivity contribution < 1.29 is 14.3 Å². The Labute approximate surface area is 100 Å². The number of halogens is 1. The number of ether oxygens (including phenoxy) is 1. The number of para-hydroxylation sites is 1. The SMILES string of the molecule is C[C@@H]1OC(=O)N(c2ccccc2I)C1=O. The summed E-state index contributed by atoms with van der Waals surface area (Å²) in [6.07, 6.45) is -1.29. The first-order valence-electron chi connectivity index (χ1n) is 4.40. The molecule has 78 valence electrons. The lowest BCUT2D eigenvalue weighted by Gasteiger charge is -2.12. The average molecular weight is 317 g/mol. The van der Waals surface area contributed by atoms with Crippen molar-refractivity contribution in [3.05, 3.63) is 27.8 Å². The van der Waals surface area contributed by atoms with Gasteiger partial charge in [0.25, 0.3) is 5.91 Å². The van der Waals surface area contributed by atoms with Crippen LogP contribution < -0.4 is 4.90 Å². The van der Waals surface area contributed by atoms with Crippen molar-refractivity contribution >= 4 is 40.3 Å². The first-order chi connectivity index (χ1) is 7.11. The number of rotatable bonds is 1. The summed E-state index contributed by atoms with van der Waals surface area (Å²) in [5.74, 6) is -0.316. The van der Waals surface area contributed by atoms with Gasteiger partial charge in [0.2, 0.25) is 0 Å². The molecule has 0 unspecified atom stereocenters. The Morgan fingerprint density at radius 1 is 1.33 bits per heavy atom. The highest BCUT2D eigenvalue weighted by atomic mass is 127. The van der Waals surface area contributed by atoms with Crippen molar-refractivity contribution in [2.75, 3.05) is 4.90 Å². The minimum atomic E-state index is -0.687. The van der Waals surface area contributed by atoms with Crippen LogP contribution in [0.15, 0.2) is 24.3 Å². The third kappa shape index (κ3) is 1.71. The summed E-state index contributed by atoms with van der Waals surface area (Å²) in [4.78, 5) is 24.1. The smallest absolute Gasteiger partial charge is 0.422 e. The average Bonchev–Trinajstić information content (AvgIpc) is 2.43. The zero-order valence-electron chi connectivity index (χ0n) is 7.94. The number of hydrogen-bond donors (Lipinski definition) is 0. The Hall–Kier alpha value is -1.11. The predicted octanol–water partition coefficient (Wildman–Crippen LogP) is 2.16. The Morgan fingerprint density at radius 3 is 2.53 bits per heavy atom. The number of cyclic esters (lactones) is 1. The van der Waals surface area contributed by atoms with E-state index in [0.29, 0.717) is 5.69 Å². The number of benzene rings is 1. The van der Waals surface area contributed by atoms with Crippen molar-refractivity contribution in [2.24, 2.45) is 0 Å². The van der Waals surface area contributed by atoms with Crippen LogP contribution in [0, 0.1) is 3.57 Å². The van der Waals surface area contributed by atoms with Crippen LogP contribution in [0.4, 0.5) is 10.5 Å². The van der Waals surface area contributed by atoms with Gasteiger partial charge in [0, 0.05) is 3.57 Å². The summed E-state index contributed by atoms with van der Waals surface area (Å²) in [5.41, 5.74) is 0.581. The van der Waals surface area contributed by atoms with Gasteiger partial charge in [0.05, 0.1) is 5.69 Å². The monoisotopic (exact) mass is 317 g/mol. The van der Waals surface area contributed by atoms with Crippen LogP contribution in [0.2, 0.25) is 0 Å². The predicted molar refractivity (Wildman–Crippen MR) is 62.6 cm³/mol. The maximum Gasteiger partial charge on any atom is 0.422 e. The summed E-state index contributed by atoms with van der Waals surface area (Å²) in [5, 5.41) is 0. The molecule has 15 heavy (non-hydrogen) atoms. The second kappa shape index (κ2) is 3.80. The van der Waals surface area contributed by atoms with Gasteiger partial charge in [0.1, 0.15) is 0 Å². The molecule has 0 bridgehead atoms. The molecule has 0 radical (unpaired) electrons. The fourth-order valence-electron chi connectivity index (χ4n) is 1.38. The van der Waals surface area contributed by atoms with Crippen LogP contribution in [0.25, 0.3) is 0 Å². The highest BCUT2D eigenvalue weighted by Gasteiger charge is 2.39. The molecule has 1 aromatic carbocycles. The van der Waals surface area contributed by atoms with Gasteiger partial charge in [-0.3, -0.25) is 4.79 Å². The number of nitrogens with zero attached hydrogens (tertiary/aromatic N) is 1. The minimum absolute atomic E-state index is 0.316.